The van der Waals surface area contributed by atoms with E-state index >= 15 is 0 Å². The number of amides is 1. The number of methoxy groups -OCH3 is 8. The number of ether oxygens (including phenoxy) is 14. The van der Waals surface area contributed by atoms with E-state index in [0.717, 1.165) is 13.0 Å². The molecule has 8 rings (SSSR count). The third kappa shape index (κ3) is 20.7. The van der Waals surface area contributed by atoms with Crippen molar-refractivity contribution >= 4 is 34.3 Å². The summed E-state index contributed by atoms with van der Waals surface area (Å²) in [4.78, 5) is 40.0. The fraction of sp³-hybridized carbons (Fsp3) is 0.768. The third-order valence-electron chi connectivity index (χ3n) is 15.8. The van der Waals surface area contributed by atoms with Crippen LogP contribution < -0.4 is 44.7 Å². The van der Waals surface area contributed by atoms with Crippen LogP contribution in [-0.4, -0.2) is 331 Å². The molecule has 506 valence electrons. The molecule has 1 aliphatic carbocycles. The second-order valence-corrected chi connectivity index (χ2v) is 21.6. The first kappa shape index (κ1) is 80.1. The maximum Gasteiger partial charge on any atom is 1.00 e. The van der Waals surface area contributed by atoms with Crippen molar-refractivity contribution in [3.8, 4) is 0 Å². The number of aliphatic hydroxyl groups excluding tert-OH is 10. The summed E-state index contributed by atoms with van der Waals surface area (Å²) in [7, 11) is 14.9. The Hall–Kier alpha value is -3.09. The first-order chi connectivity index (χ1) is 41.8. The standard InChI is InChI=1S/C20H25N3O.2C10H18O8.2C8H16O6.Na/c1-12(2)23(4)20(24)14-8-16-15-6-5-7-17-19(15)13(10-21-17)9-18(16)22(3)11-14;2*1-15-9-5(3-17-4-6(11)12)18-10(16-2)8(14)7(9)13;2*1-12-7-4(3-9)14-8(13-2)6(11)5(7)10;/h5-8,10,12,14,18,21H,9,11H2,1-4H3;2*5,7-10,13-14H,3-4H2,1-2H3,(H,11,12);2*4-11H,3H2,1-2H3;/q;;;;;+1/p-1/t14-,18-;;;;;/m1...../s1. The quantitative estimate of drug-likeness (QED) is 0.0548. The smallest absolute Gasteiger partial charge is 0.548 e. The van der Waals surface area contributed by atoms with Gasteiger partial charge in [-0.05, 0) is 31.0 Å². The van der Waals surface area contributed by atoms with Crippen molar-refractivity contribution in [2.24, 2.45) is 5.92 Å². The van der Waals surface area contributed by atoms with Crippen LogP contribution in [0.3, 0.4) is 0 Å². The number of hydrogen-bond donors (Lipinski definition) is 12. The van der Waals surface area contributed by atoms with Crippen LogP contribution in [0, 0.1) is 5.92 Å². The van der Waals surface area contributed by atoms with Crippen molar-refractivity contribution < 1.29 is 176 Å². The molecule has 1 aromatic heterocycles. The maximum absolute atomic E-state index is 12.9. The number of aliphatic carboxylic acids is 2. The molecule has 0 saturated carbocycles. The van der Waals surface area contributed by atoms with E-state index in [0.29, 0.717) is 6.04 Å². The minimum atomic E-state index is -1.36. The number of aliphatic hydroxyl groups is 10. The predicted octanol–water partition coefficient (Wildman–Crippen LogP) is -11.6. The summed E-state index contributed by atoms with van der Waals surface area (Å²) in [5, 5.41) is 117. The largest absolute Gasteiger partial charge is 1.00 e. The third-order valence-corrected chi connectivity index (χ3v) is 15.8. The zero-order chi connectivity index (χ0) is 65.9. The van der Waals surface area contributed by atoms with E-state index in [4.69, 9.17) is 76.5 Å². The van der Waals surface area contributed by atoms with Crippen LogP contribution in [0.2, 0.25) is 0 Å². The summed E-state index contributed by atoms with van der Waals surface area (Å²) < 4.78 is 69.7. The zero-order valence-corrected chi connectivity index (χ0v) is 54.5. The Morgan fingerprint density at radius 2 is 0.978 bits per heavy atom. The van der Waals surface area contributed by atoms with Gasteiger partial charge >= 0.3 is 29.6 Å². The summed E-state index contributed by atoms with van der Waals surface area (Å²) in [6, 6.07) is 7.15. The number of benzene rings is 1. The molecule has 1 amide bonds. The Bertz CT molecular complexity index is 2340. The molecule has 2 aromatic rings. The van der Waals surface area contributed by atoms with Gasteiger partial charge in [-0.15, -0.1) is 0 Å². The SMILES string of the molecule is CC(C)N(C)C(=O)[C@@H]1C=C2c3cccc4[nH]cc(c34)C[C@H]2[NH+](C)C1.COC1OC(CO)C(OC)C(O)C1O.COC1OC(CO)C(OC)C(O)C1O.COC1OC(COCC(=O)[O-])C(OC)C(O)C1O.COC1OC(COCC(=O)[O-])C(OC)C(O)C1O.[Na+]. The van der Waals surface area contributed by atoms with Gasteiger partial charge in [0.1, 0.15) is 110 Å². The van der Waals surface area contributed by atoms with Gasteiger partial charge in [0.25, 0.3) is 0 Å². The maximum atomic E-state index is 12.9. The van der Waals surface area contributed by atoms with Crippen LogP contribution in [0.25, 0.3) is 16.5 Å². The molecule has 89 heavy (non-hydrogen) atoms. The van der Waals surface area contributed by atoms with Gasteiger partial charge in [-0.1, -0.05) is 18.2 Å². The number of quaternary nitrogens is 1. The molecule has 12 N–H and O–H groups in total. The second-order valence-electron chi connectivity index (χ2n) is 21.6. The first-order valence-electron chi connectivity index (χ1n) is 28.3. The van der Waals surface area contributed by atoms with Gasteiger partial charge in [0.2, 0.25) is 5.91 Å². The van der Waals surface area contributed by atoms with Crippen molar-refractivity contribution in [3.05, 3.63) is 41.6 Å². The Kier molecular flexibility index (Phi) is 35.1. The Balaban J connectivity index is 0.000000295. The molecule has 21 unspecified atom stereocenters. The number of aromatic nitrogens is 1. The summed E-state index contributed by atoms with van der Waals surface area (Å²) in [5.74, 6) is -2.51. The number of fused-ring (bicyclic) bond motifs is 2. The van der Waals surface area contributed by atoms with Gasteiger partial charge < -0.3 is 152 Å². The van der Waals surface area contributed by atoms with Crippen LogP contribution >= 0.6 is 0 Å². The molecule has 0 radical (unpaired) electrons. The van der Waals surface area contributed by atoms with E-state index in [-0.39, 0.29) is 73.9 Å². The molecule has 33 heteroatoms. The molecule has 32 nitrogen and oxygen atoms in total. The van der Waals surface area contributed by atoms with E-state index in [2.05, 4.69) is 56.4 Å². The molecular weight excluding hydrogens is 1200 g/mol. The monoisotopic (exact) mass is 1290 g/mol. The molecule has 0 bridgehead atoms. The normalized spacial score (nSPS) is 35.5. The molecule has 6 aliphatic rings. The van der Waals surface area contributed by atoms with Crippen molar-refractivity contribution in [2.45, 2.75) is 155 Å². The van der Waals surface area contributed by atoms with Crippen molar-refractivity contribution in [1.82, 2.24) is 9.88 Å². The number of carboxylic acids is 2. The zero-order valence-electron chi connectivity index (χ0n) is 52.5. The van der Waals surface area contributed by atoms with Gasteiger partial charge in [-0.3, -0.25) is 4.79 Å². The summed E-state index contributed by atoms with van der Waals surface area (Å²) >= 11 is 0. The Morgan fingerprint density at radius 1 is 0.607 bits per heavy atom. The summed E-state index contributed by atoms with van der Waals surface area (Å²) in [5.41, 5.74) is 5.27. The molecular formula is C56H92N3NaO29. The first-order valence-corrected chi connectivity index (χ1v) is 28.3. The topological polar surface area (TPSA) is 452 Å². The van der Waals surface area contributed by atoms with Crippen LogP contribution in [0.15, 0.2) is 30.5 Å². The van der Waals surface area contributed by atoms with Gasteiger partial charge in [0, 0.05) is 99.1 Å². The van der Waals surface area contributed by atoms with Crippen molar-refractivity contribution in [2.75, 3.05) is 117 Å². The number of nitrogens with one attached hydrogen (secondary N) is 2. The fourth-order valence-corrected chi connectivity index (χ4v) is 10.9. The van der Waals surface area contributed by atoms with Gasteiger partial charge in [0.15, 0.2) is 25.2 Å². The van der Waals surface area contributed by atoms with E-state index in [9.17, 15) is 65.4 Å². The van der Waals surface area contributed by atoms with Crippen molar-refractivity contribution in [3.63, 3.8) is 0 Å². The number of nitrogens with zero attached hydrogens (tertiary/aromatic N) is 1. The Morgan fingerprint density at radius 3 is 1.31 bits per heavy atom. The molecule has 4 fully saturated rings. The predicted molar refractivity (Wildman–Crippen MR) is 297 cm³/mol. The summed E-state index contributed by atoms with van der Waals surface area (Å²) in [6.07, 6.45) is -14.1. The van der Waals surface area contributed by atoms with E-state index in [1.807, 2.05) is 11.9 Å². The number of carbonyl (C=O) groups excluding carboxylic acids is 3. The number of rotatable bonds is 20. The average Bonchev–Trinajstić information content (AvgIpc) is 1.85. The average molecular weight is 1290 g/mol. The van der Waals surface area contributed by atoms with E-state index < -0.39 is 148 Å². The number of carbonyl (C=O) groups is 3. The second kappa shape index (κ2) is 38.9. The van der Waals surface area contributed by atoms with Gasteiger partial charge in [-0.25, -0.2) is 0 Å². The number of hydrogen-bond acceptors (Lipinski definition) is 29. The number of H-pyrrole nitrogens is 1. The molecule has 1 aromatic carbocycles. The van der Waals surface area contributed by atoms with E-state index in [1.54, 1.807) is 0 Å². The summed E-state index contributed by atoms with van der Waals surface area (Å²) in [6.45, 7) is 2.97. The Labute approximate surface area is 538 Å². The molecule has 0 spiro atoms. The van der Waals surface area contributed by atoms with Crippen LogP contribution in [0.1, 0.15) is 25.0 Å². The van der Waals surface area contributed by atoms with Crippen LogP contribution in [0.4, 0.5) is 0 Å². The van der Waals surface area contributed by atoms with Crippen LogP contribution in [-0.2, 0) is 87.1 Å². The molecule has 5 aliphatic heterocycles. The molecule has 6 heterocycles. The number of carboxylic acid groups (broad SMARTS) is 2. The molecule has 23 atom stereocenters. The van der Waals surface area contributed by atoms with Crippen molar-refractivity contribution in [1.29, 1.82) is 0 Å². The van der Waals surface area contributed by atoms with E-state index in [1.165, 1.54) is 89.4 Å². The van der Waals surface area contributed by atoms with Gasteiger partial charge in [-0.2, -0.15) is 0 Å². The minimum absolute atomic E-state index is 0. The number of aromatic amines is 1. The number of likely N-dealkylation sites (N-methyl/N-ethyl adjacent to an activating group) is 1. The van der Waals surface area contributed by atoms with Gasteiger partial charge in [0.05, 0.1) is 65.2 Å². The molecule has 4 saturated heterocycles. The fourth-order valence-electron chi connectivity index (χ4n) is 10.9. The van der Waals surface area contributed by atoms with Crippen LogP contribution in [0.5, 0.6) is 0 Å². The minimum Gasteiger partial charge on any atom is -0.548 e.